The van der Waals surface area contributed by atoms with Crippen molar-refractivity contribution in [2.24, 2.45) is 13.0 Å². The maximum Gasteiger partial charge on any atom is 0.0834 e. The first-order valence-corrected chi connectivity index (χ1v) is 7.02. The predicted octanol–water partition coefficient (Wildman–Crippen LogP) is 3.30. The fraction of sp³-hybridized carbons (Fsp3) is 0.769. The fourth-order valence-corrected chi connectivity index (χ4v) is 3.13. The van der Waals surface area contributed by atoms with Gasteiger partial charge in [-0.25, -0.2) is 0 Å². The highest BCUT2D eigenvalue weighted by atomic mass is 35.5. The molecule has 1 heterocycles. The van der Waals surface area contributed by atoms with Crippen molar-refractivity contribution >= 4 is 11.6 Å². The van der Waals surface area contributed by atoms with Gasteiger partial charge < -0.3 is 5.32 Å². The number of aryl methyl sites for hydroxylation is 1. The molecule has 0 amide bonds. The molecule has 0 radical (unpaired) electrons. The van der Waals surface area contributed by atoms with Crippen LogP contribution in [0.1, 0.15) is 50.8 Å². The molecule has 1 aliphatic carbocycles. The van der Waals surface area contributed by atoms with E-state index in [2.05, 4.69) is 17.3 Å². The number of rotatable bonds is 5. The summed E-state index contributed by atoms with van der Waals surface area (Å²) in [6.45, 7) is 3.24. The van der Waals surface area contributed by atoms with Crippen molar-refractivity contribution in [3.63, 3.8) is 0 Å². The molecule has 1 aromatic rings. The summed E-state index contributed by atoms with van der Waals surface area (Å²) in [6, 6.07) is 0.373. The minimum Gasteiger partial charge on any atom is -0.308 e. The number of halogens is 1. The third-order valence-electron chi connectivity index (χ3n) is 3.72. The molecule has 17 heavy (non-hydrogen) atoms. The summed E-state index contributed by atoms with van der Waals surface area (Å²) in [5.41, 5.74) is 1.16. The van der Waals surface area contributed by atoms with Crippen LogP contribution < -0.4 is 5.32 Å². The number of nitrogens with one attached hydrogen (secondary N) is 1. The summed E-state index contributed by atoms with van der Waals surface area (Å²) in [6.07, 6.45) is 8.23. The molecule has 0 aliphatic heterocycles. The van der Waals surface area contributed by atoms with Crippen LogP contribution in [0.5, 0.6) is 0 Å². The van der Waals surface area contributed by atoms with E-state index >= 15 is 0 Å². The van der Waals surface area contributed by atoms with E-state index in [-0.39, 0.29) is 0 Å². The van der Waals surface area contributed by atoms with Crippen LogP contribution in [-0.4, -0.2) is 16.3 Å². The van der Waals surface area contributed by atoms with Gasteiger partial charge in [0, 0.05) is 7.05 Å². The molecule has 1 N–H and O–H groups in total. The molecule has 3 nitrogen and oxygen atoms in total. The second kappa shape index (κ2) is 5.87. The van der Waals surface area contributed by atoms with E-state index in [1.165, 1.54) is 25.7 Å². The Balaban J connectivity index is 2.19. The lowest BCUT2D eigenvalue weighted by atomic mass is 9.95. The molecule has 1 atom stereocenters. The summed E-state index contributed by atoms with van der Waals surface area (Å²) in [7, 11) is 1.98. The van der Waals surface area contributed by atoms with Gasteiger partial charge in [-0.15, -0.1) is 0 Å². The molecule has 0 bridgehead atoms. The zero-order valence-corrected chi connectivity index (χ0v) is 11.5. The maximum absolute atomic E-state index is 6.27. The van der Waals surface area contributed by atoms with Crippen LogP contribution in [0.15, 0.2) is 6.20 Å². The minimum atomic E-state index is 0.373. The van der Waals surface area contributed by atoms with Crippen LogP contribution in [0, 0.1) is 5.92 Å². The standard InChI is InChI=1S/C13H22ClN3/c1-3-8-15-12(10-6-4-5-7-10)13-11(14)9-16-17(13)2/h9-10,12,15H,3-8H2,1-2H3. The molecular weight excluding hydrogens is 234 g/mol. The fourth-order valence-electron chi connectivity index (χ4n) is 2.85. The molecule has 2 rings (SSSR count). The van der Waals surface area contributed by atoms with Crippen molar-refractivity contribution in [2.45, 2.75) is 45.1 Å². The Bertz CT molecular complexity index is 336. The lowest BCUT2D eigenvalue weighted by Gasteiger charge is -2.25. The highest BCUT2D eigenvalue weighted by Gasteiger charge is 2.29. The molecule has 0 saturated heterocycles. The predicted molar refractivity (Wildman–Crippen MR) is 71.2 cm³/mol. The third-order valence-corrected chi connectivity index (χ3v) is 4.01. The number of hydrogen-bond donors (Lipinski definition) is 1. The molecule has 0 aromatic carbocycles. The first kappa shape index (κ1) is 12.9. The zero-order valence-electron chi connectivity index (χ0n) is 10.7. The van der Waals surface area contributed by atoms with Gasteiger partial charge in [-0.3, -0.25) is 4.68 Å². The third kappa shape index (κ3) is 2.83. The van der Waals surface area contributed by atoms with Crippen molar-refractivity contribution in [3.8, 4) is 0 Å². The molecule has 1 aliphatic rings. The molecule has 1 unspecified atom stereocenters. The van der Waals surface area contributed by atoms with Crippen molar-refractivity contribution < 1.29 is 0 Å². The lowest BCUT2D eigenvalue weighted by Crippen LogP contribution is -2.29. The normalized spacial score (nSPS) is 18.8. The average Bonchev–Trinajstić information content (AvgIpc) is 2.93. The molecule has 1 aromatic heterocycles. The van der Waals surface area contributed by atoms with Crippen LogP contribution in [0.4, 0.5) is 0 Å². The Hall–Kier alpha value is -0.540. The van der Waals surface area contributed by atoms with Gasteiger partial charge in [-0.1, -0.05) is 31.4 Å². The Morgan fingerprint density at radius 1 is 1.53 bits per heavy atom. The Morgan fingerprint density at radius 3 is 2.76 bits per heavy atom. The topological polar surface area (TPSA) is 29.9 Å². The van der Waals surface area contributed by atoms with Gasteiger partial charge in [0.15, 0.2) is 0 Å². The van der Waals surface area contributed by atoms with E-state index in [0.717, 1.165) is 29.6 Å². The highest BCUT2D eigenvalue weighted by Crippen LogP contribution is 2.37. The van der Waals surface area contributed by atoms with Crippen molar-refractivity contribution in [1.82, 2.24) is 15.1 Å². The number of hydrogen-bond acceptors (Lipinski definition) is 2. The Kier molecular flexibility index (Phi) is 4.46. The summed E-state index contributed by atoms with van der Waals surface area (Å²) in [5, 5.41) is 8.71. The summed E-state index contributed by atoms with van der Waals surface area (Å²) >= 11 is 6.27. The van der Waals surface area contributed by atoms with E-state index in [9.17, 15) is 0 Å². The molecule has 0 spiro atoms. The van der Waals surface area contributed by atoms with Crippen LogP contribution in [0.2, 0.25) is 5.02 Å². The molecule has 4 heteroatoms. The Labute approximate surface area is 109 Å². The smallest absolute Gasteiger partial charge is 0.0834 e. The van der Waals surface area contributed by atoms with Crippen molar-refractivity contribution in [1.29, 1.82) is 0 Å². The van der Waals surface area contributed by atoms with Gasteiger partial charge in [0.05, 0.1) is 23.0 Å². The first-order chi connectivity index (χ1) is 8.24. The van der Waals surface area contributed by atoms with Gasteiger partial charge in [-0.05, 0) is 31.7 Å². The first-order valence-electron chi connectivity index (χ1n) is 6.64. The van der Waals surface area contributed by atoms with E-state index in [4.69, 9.17) is 11.6 Å². The molecule has 1 saturated carbocycles. The largest absolute Gasteiger partial charge is 0.308 e. The van der Waals surface area contributed by atoms with Crippen LogP contribution >= 0.6 is 11.6 Å². The quantitative estimate of drug-likeness (QED) is 0.875. The second-order valence-corrected chi connectivity index (χ2v) is 5.38. The summed E-state index contributed by atoms with van der Waals surface area (Å²) in [5.74, 6) is 0.717. The SMILES string of the molecule is CCCNC(c1c(Cl)cnn1C)C1CCCC1. The monoisotopic (exact) mass is 255 g/mol. The van der Waals surface area contributed by atoms with Crippen LogP contribution in [-0.2, 0) is 7.05 Å². The van der Waals surface area contributed by atoms with Gasteiger partial charge in [0.1, 0.15) is 0 Å². The van der Waals surface area contributed by atoms with Gasteiger partial charge >= 0.3 is 0 Å². The summed E-state index contributed by atoms with van der Waals surface area (Å²) < 4.78 is 1.92. The van der Waals surface area contributed by atoms with Crippen molar-refractivity contribution in [2.75, 3.05) is 6.54 Å². The summed E-state index contributed by atoms with van der Waals surface area (Å²) in [4.78, 5) is 0. The van der Waals surface area contributed by atoms with Crippen LogP contribution in [0.3, 0.4) is 0 Å². The molecule has 1 fully saturated rings. The van der Waals surface area contributed by atoms with E-state index in [0.29, 0.717) is 6.04 Å². The Morgan fingerprint density at radius 2 is 2.24 bits per heavy atom. The zero-order chi connectivity index (χ0) is 12.3. The lowest BCUT2D eigenvalue weighted by molar-refractivity contribution is 0.351. The van der Waals surface area contributed by atoms with E-state index in [1.54, 1.807) is 6.20 Å². The average molecular weight is 256 g/mol. The van der Waals surface area contributed by atoms with Gasteiger partial charge in [0.2, 0.25) is 0 Å². The number of nitrogens with zero attached hydrogens (tertiary/aromatic N) is 2. The maximum atomic E-state index is 6.27. The number of aromatic nitrogens is 2. The van der Waals surface area contributed by atoms with E-state index < -0.39 is 0 Å². The van der Waals surface area contributed by atoms with Crippen LogP contribution in [0.25, 0.3) is 0 Å². The molecular formula is C13H22ClN3. The van der Waals surface area contributed by atoms with Gasteiger partial charge in [0.25, 0.3) is 0 Å². The van der Waals surface area contributed by atoms with Gasteiger partial charge in [-0.2, -0.15) is 5.10 Å². The van der Waals surface area contributed by atoms with E-state index in [1.807, 2.05) is 11.7 Å². The minimum absolute atomic E-state index is 0.373. The van der Waals surface area contributed by atoms with Crippen molar-refractivity contribution in [3.05, 3.63) is 16.9 Å². The highest BCUT2D eigenvalue weighted by molar-refractivity contribution is 6.31. The molecule has 96 valence electrons. The second-order valence-electron chi connectivity index (χ2n) is 4.98.